The first-order valence-electron chi connectivity index (χ1n) is 8.85. The number of hydrogen-bond acceptors (Lipinski definition) is 5. The van der Waals surface area contributed by atoms with Crippen molar-refractivity contribution in [2.75, 3.05) is 13.1 Å². The van der Waals surface area contributed by atoms with Gasteiger partial charge in [-0.15, -0.1) is 0 Å². The van der Waals surface area contributed by atoms with E-state index in [1.165, 1.54) is 12.1 Å². The summed E-state index contributed by atoms with van der Waals surface area (Å²) in [4.78, 5) is 36.8. The monoisotopic (exact) mass is 371 g/mol. The molecule has 0 aliphatic carbocycles. The minimum Gasteiger partial charge on any atom is -0.351 e. The van der Waals surface area contributed by atoms with Crippen LogP contribution in [-0.2, 0) is 24.2 Å². The maximum absolute atomic E-state index is 12.6. The number of carbonyl (C=O) groups excluding carboxylic acids is 2. The van der Waals surface area contributed by atoms with Crippen LogP contribution in [0.2, 0.25) is 0 Å². The second-order valence-electron chi connectivity index (χ2n) is 6.45. The van der Waals surface area contributed by atoms with E-state index >= 15 is 0 Å². The van der Waals surface area contributed by atoms with Crippen molar-refractivity contribution in [1.82, 2.24) is 20.4 Å². The zero-order valence-electron chi connectivity index (χ0n) is 15.0. The van der Waals surface area contributed by atoms with E-state index in [0.717, 1.165) is 17.7 Å². The molecule has 1 aliphatic heterocycles. The van der Waals surface area contributed by atoms with Crippen LogP contribution in [0.25, 0.3) is 0 Å². The predicted molar refractivity (Wildman–Crippen MR) is 97.1 cm³/mol. The molecule has 27 heavy (non-hydrogen) atoms. The summed E-state index contributed by atoms with van der Waals surface area (Å²) in [6.45, 7) is 3.41. The Hall–Kier alpha value is -3.23. The van der Waals surface area contributed by atoms with E-state index in [2.05, 4.69) is 15.5 Å². The summed E-state index contributed by atoms with van der Waals surface area (Å²) in [6.07, 6.45) is 1.59. The van der Waals surface area contributed by atoms with Gasteiger partial charge in [0.05, 0.1) is 11.3 Å². The molecule has 1 aliphatic rings. The molecular formula is C18H21N5O4. The lowest BCUT2D eigenvalue weighted by molar-refractivity contribution is -0.384. The van der Waals surface area contributed by atoms with Crippen LogP contribution in [0.5, 0.6) is 0 Å². The van der Waals surface area contributed by atoms with Gasteiger partial charge in [0, 0.05) is 49.4 Å². The molecule has 0 bridgehead atoms. The summed E-state index contributed by atoms with van der Waals surface area (Å²) >= 11 is 0. The molecule has 0 atom stereocenters. The van der Waals surface area contributed by atoms with Gasteiger partial charge in [-0.2, -0.15) is 5.10 Å². The third kappa shape index (κ3) is 4.13. The lowest BCUT2D eigenvalue weighted by atomic mass is 10.0. The Labute approximate surface area is 155 Å². The van der Waals surface area contributed by atoms with E-state index in [4.69, 9.17) is 0 Å². The third-order valence-electron chi connectivity index (χ3n) is 4.54. The molecule has 2 heterocycles. The topological polar surface area (TPSA) is 121 Å². The lowest BCUT2D eigenvalue weighted by Crippen LogP contribution is -2.37. The van der Waals surface area contributed by atoms with Gasteiger partial charge in [-0.25, -0.2) is 0 Å². The highest BCUT2D eigenvalue weighted by molar-refractivity contribution is 5.94. The molecule has 142 valence electrons. The Morgan fingerprint density at radius 2 is 2.07 bits per heavy atom. The highest BCUT2D eigenvalue weighted by Gasteiger charge is 2.27. The number of H-pyrrole nitrogens is 1. The molecule has 9 nitrogen and oxygen atoms in total. The van der Waals surface area contributed by atoms with E-state index in [0.29, 0.717) is 37.3 Å². The van der Waals surface area contributed by atoms with E-state index < -0.39 is 4.92 Å². The van der Waals surface area contributed by atoms with Gasteiger partial charge in [0.1, 0.15) is 0 Å². The zero-order chi connectivity index (χ0) is 19.4. The summed E-state index contributed by atoms with van der Waals surface area (Å²) in [5.41, 5.74) is 2.69. The van der Waals surface area contributed by atoms with Crippen LogP contribution in [0, 0.1) is 10.1 Å². The molecule has 3 rings (SSSR count). The summed E-state index contributed by atoms with van der Waals surface area (Å²) in [6, 6.07) is 5.96. The fraction of sp³-hybridized carbons (Fsp3) is 0.389. The first-order valence-corrected chi connectivity index (χ1v) is 8.85. The Balaban J connectivity index is 1.68. The molecule has 2 N–H and O–H groups in total. The largest absolute Gasteiger partial charge is 0.351 e. The van der Waals surface area contributed by atoms with Gasteiger partial charge in [0.15, 0.2) is 5.69 Å². The fourth-order valence-corrected chi connectivity index (χ4v) is 3.04. The smallest absolute Gasteiger partial charge is 0.272 e. The van der Waals surface area contributed by atoms with Gasteiger partial charge < -0.3 is 10.2 Å². The number of hydrogen-bond donors (Lipinski definition) is 2. The molecule has 1 aromatic carbocycles. The Bertz CT molecular complexity index is 859. The number of carbonyl (C=O) groups is 2. The molecule has 0 spiro atoms. The van der Waals surface area contributed by atoms with Crippen LogP contribution in [0.1, 0.15) is 40.7 Å². The Morgan fingerprint density at radius 3 is 2.74 bits per heavy atom. The van der Waals surface area contributed by atoms with Crippen LogP contribution in [0.15, 0.2) is 24.3 Å². The molecule has 2 aromatic rings. The van der Waals surface area contributed by atoms with E-state index in [1.54, 1.807) is 17.0 Å². The van der Waals surface area contributed by atoms with Gasteiger partial charge in [-0.05, 0) is 12.0 Å². The number of nitro groups is 1. The molecule has 0 unspecified atom stereocenters. The normalized spacial score (nSPS) is 13.1. The number of fused-ring (bicyclic) bond motifs is 1. The zero-order valence-corrected chi connectivity index (χ0v) is 15.0. The molecule has 0 fully saturated rings. The molecule has 2 amide bonds. The molecule has 0 saturated carbocycles. The molecule has 0 saturated heterocycles. The summed E-state index contributed by atoms with van der Waals surface area (Å²) in [5, 5.41) is 20.5. The number of nitro benzene ring substituents is 1. The highest BCUT2D eigenvalue weighted by atomic mass is 16.6. The Kier molecular flexibility index (Phi) is 5.49. The highest BCUT2D eigenvalue weighted by Crippen LogP contribution is 2.21. The van der Waals surface area contributed by atoms with Gasteiger partial charge in [0.2, 0.25) is 5.91 Å². The maximum Gasteiger partial charge on any atom is 0.272 e. The van der Waals surface area contributed by atoms with Gasteiger partial charge in [-0.1, -0.05) is 19.1 Å². The van der Waals surface area contributed by atoms with Gasteiger partial charge in [0.25, 0.3) is 11.6 Å². The van der Waals surface area contributed by atoms with Crippen molar-refractivity contribution in [3.8, 4) is 0 Å². The Morgan fingerprint density at radius 1 is 1.33 bits per heavy atom. The molecule has 0 radical (unpaired) electrons. The second kappa shape index (κ2) is 7.98. The van der Waals surface area contributed by atoms with Gasteiger partial charge in [-0.3, -0.25) is 24.8 Å². The number of amides is 2. The number of aromatic amines is 1. The van der Waals surface area contributed by atoms with Crippen molar-refractivity contribution < 1.29 is 14.5 Å². The summed E-state index contributed by atoms with van der Waals surface area (Å²) in [5.74, 6) is -0.324. The van der Waals surface area contributed by atoms with Crippen LogP contribution < -0.4 is 5.32 Å². The van der Waals surface area contributed by atoms with Crippen molar-refractivity contribution in [3.05, 3.63) is 56.9 Å². The number of benzene rings is 1. The van der Waals surface area contributed by atoms with E-state index in [-0.39, 0.29) is 23.9 Å². The van der Waals surface area contributed by atoms with Crippen molar-refractivity contribution in [1.29, 1.82) is 0 Å². The van der Waals surface area contributed by atoms with Crippen molar-refractivity contribution in [3.63, 3.8) is 0 Å². The quantitative estimate of drug-likeness (QED) is 0.590. The summed E-state index contributed by atoms with van der Waals surface area (Å²) in [7, 11) is 0. The fourth-order valence-electron chi connectivity index (χ4n) is 3.04. The average Bonchev–Trinajstić information content (AvgIpc) is 3.09. The number of nitrogens with one attached hydrogen (secondary N) is 2. The first kappa shape index (κ1) is 18.6. The van der Waals surface area contributed by atoms with Crippen LogP contribution in [0.3, 0.4) is 0 Å². The van der Waals surface area contributed by atoms with Gasteiger partial charge >= 0.3 is 0 Å². The number of rotatable bonds is 6. The molecular weight excluding hydrogens is 350 g/mol. The van der Waals surface area contributed by atoms with Crippen molar-refractivity contribution >= 4 is 17.5 Å². The van der Waals surface area contributed by atoms with Crippen molar-refractivity contribution in [2.24, 2.45) is 0 Å². The standard InChI is InChI=1S/C18H21N5O4/c1-2-8-19-18(25)17-14-11-22(9-7-15(14)20-21-17)16(24)10-12-3-5-13(6-4-12)23(26)27/h3-6H,2,7-11H2,1H3,(H,19,25)(H,20,21). The summed E-state index contributed by atoms with van der Waals surface area (Å²) < 4.78 is 0. The van der Waals surface area contributed by atoms with E-state index in [9.17, 15) is 19.7 Å². The average molecular weight is 371 g/mol. The number of nitrogens with zero attached hydrogens (tertiary/aromatic N) is 3. The maximum atomic E-state index is 12.6. The lowest BCUT2D eigenvalue weighted by Gasteiger charge is -2.27. The first-order chi connectivity index (χ1) is 13.0. The van der Waals surface area contributed by atoms with Crippen LogP contribution in [-0.4, -0.2) is 44.9 Å². The third-order valence-corrected chi connectivity index (χ3v) is 4.54. The minimum atomic E-state index is -0.470. The molecule has 1 aromatic heterocycles. The van der Waals surface area contributed by atoms with E-state index in [1.807, 2.05) is 6.92 Å². The van der Waals surface area contributed by atoms with Crippen LogP contribution >= 0.6 is 0 Å². The number of aromatic nitrogens is 2. The molecule has 9 heteroatoms. The van der Waals surface area contributed by atoms with Crippen LogP contribution in [0.4, 0.5) is 5.69 Å². The minimum absolute atomic E-state index is 0.00468. The SMILES string of the molecule is CCCNC(=O)c1n[nH]c2c1CN(C(=O)Cc1ccc([N+](=O)[O-])cc1)CC2. The second-order valence-corrected chi connectivity index (χ2v) is 6.45. The number of non-ortho nitro benzene ring substituents is 1. The predicted octanol–water partition coefficient (Wildman–Crippen LogP) is 1.59. The van der Waals surface area contributed by atoms with Crippen molar-refractivity contribution in [2.45, 2.75) is 32.7 Å².